The number of anilines is 1. The van der Waals surface area contributed by atoms with Crippen LogP contribution in [-0.4, -0.2) is 42.8 Å². The molecule has 1 aromatic heterocycles. The van der Waals surface area contributed by atoms with E-state index < -0.39 is 10.0 Å². The third-order valence-corrected chi connectivity index (χ3v) is 7.16. The molecule has 27 heavy (non-hydrogen) atoms. The molecule has 1 amide bonds. The van der Waals surface area contributed by atoms with Crippen molar-refractivity contribution in [3.8, 4) is 0 Å². The minimum Gasteiger partial charge on any atom is -0.345 e. The third kappa shape index (κ3) is 3.66. The van der Waals surface area contributed by atoms with Gasteiger partial charge in [0.25, 0.3) is 5.91 Å². The van der Waals surface area contributed by atoms with Gasteiger partial charge in [-0.3, -0.25) is 4.79 Å². The van der Waals surface area contributed by atoms with Crippen molar-refractivity contribution in [2.45, 2.75) is 38.0 Å². The van der Waals surface area contributed by atoms with Crippen molar-refractivity contribution in [2.24, 2.45) is 7.05 Å². The first-order chi connectivity index (χ1) is 12.9. The van der Waals surface area contributed by atoms with E-state index in [1.54, 1.807) is 16.5 Å². The summed E-state index contributed by atoms with van der Waals surface area (Å²) >= 11 is 0. The molecule has 2 aromatic rings. The highest BCUT2D eigenvalue weighted by molar-refractivity contribution is 7.89. The van der Waals surface area contributed by atoms with Gasteiger partial charge in [0.1, 0.15) is 10.6 Å². The second kappa shape index (κ2) is 7.86. The Hall–Kier alpha value is -2.12. The van der Waals surface area contributed by atoms with E-state index in [0.29, 0.717) is 25.3 Å². The van der Waals surface area contributed by atoms with Gasteiger partial charge in [-0.1, -0.05) is 32.0 Å². The van der Waals surface area contributed by atoms with Crippen molar-refractivity contribution in [1.82, 2.24) is 8.87 Å². The monoisotopic (exact) mass is 389 g/mol. The molecule has 146 valence electrons. The van der Waals surface area contributed by atoms with Crippen molar-refractivity contribution in [3.05, 3.63) is 47.8 Å². The fourth-order valence-electron chi connectivity index (χ4n) is 3.64. The zero-order valence-corrected chi connectivity index (χ0v) is 17.0. The van der Waals surface area contributed by atoms with Crippen molar-refractivity contribution in [1.29, 1.82) is 0 Å². The lowest BCUT2D eigenvalue weighted by Crippen LogP contribution is -2.33. The quantitative estimate of drug-likeness (QED) is 0.790. The second-order valence-electron chi connectivity index (χ2n) is 6.80. The summed E-state index contributed by atoms with van der Waals surface area (Å²) in [6, 6.07) is 9.45. The lowest BCUT2D eigenvalue weighted by molar-refractivity contribution is 0.0979. The van der Waals surface area contributed by atoms with Crippen LogP contribution in [0.4, 0.5) is 5.69 Å². The van der Waals surface area contributed by atoms with E-state index in [0.717, 1.165) is 30.5 Å². The van der Waals surface area contributed by atoms with Crippen LogP contribution in [0, 0.1) is 0 Å². The Balaban J connectivity index is 1.99. The first-order valence-electron chi connectivity index (χ1n) is 9.46. The first-order valence-corrected chi connectivity index (χ1v) is 10.9. The lowest BCUT2D eigenvalue weighted by atomic mass is 10.1. The highest BCUT2D eigenvalue weighted by atomic mass is 32.2. The molecule has 0 saturated carbocycles. The topological polar surface area (TPSA) is 62.6 Å². The number of hydrogen-bond donors (Lipinski definition) is 0. The van der Waals surface area contributed by atoms with Crippen LogP contribution in [-0.2, 0) is 23.5 Å². The number of nitrogens with zero attached hydrogens (tertiary/aromatic N) is 3. The largest absolute Gasteiger partial charge is 0.345 e. The van der Waals surface area contributed by atoms with Crippen LogP contribution in [0.2, 0.25) is 0 Å². The maximum Gasteiger partial charge on any atom is 0.274 e. The molecule has 0 N–H and O–H groups in total. The van der Waals surface area contributed by atoms with Crippen molar-refractivity contribution in [3.63, 3.8) is 0 Å². The number of rotatable bonds is 5. The van der Waals surface area contributed by atoms with Gasteiger partial charge < -0.3 is 9.47 Å². The lowest BCUT2D eigenvalue weighted by Gasteiger charge is -2.23. The molecule has 0 aliphatic carbocycles. The maximum absolute atomic E-state index is 13.3. The summed E-state index contributed by atoms with van der Waals surface area (Å²) in [6.45, 7) is 5.06. The number of benzene rings is 1. The van der Waals surface area contributed by atoms with Crippen LogP contribution in [0.3, 0.4) is 0 Å². The van der Waals surface area contributed by atoms with Crippen molar-refractivity contribution < 1.29 is 13.2 Å². The number of fused-ring (bicyclic) bond motifs is 1. The van der Waals surface area contributed by atoms with Crippen LogP contribution in [0.25, 0.3) is 0 Å². The molecular weight excluding hydrogens is 362 g/mol. The number of hydrogen-bond acceptors (Lipinski definition) is 3. The van der Waals surface area contributed by atoms with Crippen LogP contribution in [0.1, 0.15) is 42.7 Å². The molecule has 0 radical (unpaired) electrons. The van der Waals surface area contributed by atoms with Gasteiger partial charge in [0.2, 0.25) is 10.0 Å². The Labute approximate surface area is 161 Å². The summed E-state index contributed by atoms with van der Waals surface area (Å²) < 4.78 is 28.6. The number of para-hydroxylation sites is 1. The van der Waals surface area contributed by atoms with Gasteiger partial charge in [-0.25, -0.2) is 8.42 Å². The summed E-state index contributed by atoms with van der Waals surface area (Å²) in [5.41, 5.74) is 2.47. The summed E-state index contributed by atoms with van der Waals surface area (Å²) in [7, 11) is -1.87. The van der Waals surface area contributed by atoms with Crippen LogP contribution >= 0.6 is 0 Å². The van der Waals surface area contributed by atoms with Crippen molar-refractivity contribution in [2.75, 3.05) is 24.5 Å². The number of amides is 1. The maximum atomic E-state index is 13.3. The summed E-state index contributed by atoms with van der Waals surface area (Å²) in [6.07, 6.45) is 4.45. The van der Waals surface area contributed by atoms with Crippen molar-refractivity contribution >= 4 is 21.6 Å². The van der Waals surface area contributed by atoms with Gasteiger partial charge in [-0.15, -0.1) is 0 Å². The fourth-order valence-corrected chi connectivity index (χ4v) is 5.17. The van der Waals surface area contributed by atoms with E-state index in [4.69, 9.17) is 0 Å². The van der Waals surface area contributed by atoms with Gasteiger partial charge in [0.05, 0.1) is 0 Å². The molecule has 0 saturated heterocycles. The molecule has 0 unspecified atom stereocenters. The molecular formula is C20H27N3O3S. The van der Waals surface area contributed by atoms with E-state index in [1.807, 2.05) is 32.0 Å². The molecule has 0 atom stereocenters. The molecule has 1 aliphatic heterocycles. The Kier molecular flexibility index (Phi) is 5.72. The Morgan fingerprint density at radius 3 is 2.56 bits per heavy atom. The highest BCUT2D eigenvalue weighted by Crippen LogP contribution is 2.28. The Morgan fingerprint density at radius 1 is 1.15 bits per heavy atom. The van der Waals surface area contributed by atoms with Gasteiger partial charge in [-0.05, 0) is 37.0 Å². The van der Waals surface area contributed by atoms with E-state index in [1.165, 1.54) is 16.6 Å². The normalized spacial score (nSPS) is 14.9. The average molecular weight is 390 g/mol. The minimum atomic E-state index is -3.59. The molecule has 6 nitrogen and oxygen atoms in total. The second-order valence-corrected chi connectivity index (χ2v) is 8.74. The molecule has 3 rings (SSSR count). The standard InChI is InChI=1S/C20H27N3O3S/c1-4-22(5-2)27(25,26)17-14-19(21(3)15-17)20(24)23-13-9-8-11-16-10-6-7-12-18(16)23/h6-7,10,12,14-15H,4-5,8-9,11,13H2,1-3H3. The summed E-state index contributed by atoms with van der Waals surface area (Å²) in [4.78, 5) is 15.2. The Bertz CT molecular complexity index is 930. The zero-order valence-electron chi connectivity index (χ0n) is 16.2. The van der Waals surface area contributed by atoms with Crippen LogP contribution in [0.15, 0.2) is 41.4 Å². The predicted octanol–water partition coefficient (Wildman–Crippen LogP) is 3.04. The van der Waals surface area contributed by atoms with Gasteiger partial charge >= 0.3 is 0 Å². The van der Waals surface area contributed by atoms with Gasteiger partial charge in [-0.2, -0.15) is 4.31 Å². The minimum absolute atomic E-state index is 0.159. The number of carbonyl (C=O) groups is 1. The van der Waals surface area contributed by atoms with Gasteiger partial charge in [0, 0.05) is 38.6 Å². The van der Waals surface area contributed by atoms with E-state index >= 15 is 0 Å². The SMILES string of the molecule is CCN(CC)S(=O)(=O)c1cc(C(=O)N2CCCCc3ccccc32)n(C)c1. The molecule has 2 heterocycles. The van der Waals surface area contributed by atoms with E-state index in [2.05, 4.69) is 6.07 Å². The predicted molar refractivity (Wildman–Crippen MR) is 107 cm³/mol. The number of aromatic nitrogens is 1. The molecule has 1 aromatic carbocycles. The molecule has 1 aliphatic rings. The smallest absolute Gasteiger partial charge is 0.274 e. The van der Waals surface area contributed by atoms with Crippen LogP contribution in [0.5, 0.6) is 0 Å². The molecule has 0 bridgehead atoms. The Morgan fingerprint density at radius 2 is 1.85 bits per heavy atom. The summed E-state index contributed by atoms with van der Waals surface area (Å²) in [5, 5.41) is 0. The number of sulfonamides is 1. The van der Waals surface area contributed by atoms with E-state index in [-0.39, 0.29) is 10.8 Å². The molecule has 0 fully saturated rings. The van der Waals surface area contributed by atoms with Gasteiger partial charge in [0.15, 0.2) is 0 Å². The molecule has 0 spiro atoms. The first kappa shape index (κ1) is 19.6. The third-order valence-electron chi connectivity index (χ3n) is 5.15. The molecule has 7 heteroatoms. The van der Waals surface area contributed by atoms with E-state index in [9.17, 15) is 13.2 Å². The number of aryl methyl sites for hydroxylation is 2. The fraction of sp³-hybridized carbons (Fsp3) is 0.450. The highest BCUT2D eigenvalue weighted by Gasteiger charge is 2.28. The zero-order chi connectivity index (χ0) is 19.6. The number of carbonyl (C=O) groups excluding carboxylic acids is 1. The van der Waals surface area contributed by atoms with Crippen LogP contribution < -0.4 is 4.90 Å². The average Bonchev–Trinajstić information content (AvgIpc) is 2.92. The summed E-state index contributed by atoms with van der Waals surface area (Å²) in [5.74, 6) is -0.159.